The summed E-state index contributed by atoms with van der Waals surface area (Å²) in [5.41, 5.74) is -0.818. The van der Waals surface area contributed by atoms with Gasteiger partial charge in [-0.2, -0.15) is 0 Å². The molecule has 1 saturated carbocycles. The Morgan fingerprint density at radius 2 is 1.89 bits per heavy atom. The lowest BCUT2D eigenvalue weighted by Gasteiger charge is -2.43. The average Bonchev–Trinajstić information content (AvgIpc) is 2.36. The highest BCUT2D eigenvalue weighted by Crippen LogP contribution is 2.46. The van der Waals surface area contributed by atoms with Crippen molar-refractivity contribution in [2.24, 2.45) is 11.8 Å². The second-order valence-electron chi connectivity index (χ2n) is 6.08. The van der Waals surface area contributed by atoms with Crippen LogP contribution in [0, 0.1) is 30.4 Å². The van der Waals surface area contributed by atoms with Crippen LogP contribution in [0.25, 0.3) is 0 Å². The molecule has 19 heavy (non-hydrogen) atoms. The molecule has 0 radical (unpaired) electrons. The molecule has 106 valence electrons. The van der Waals surface area contributed by atoms with E-state index in [9.17, 15) is 13.9 Å². The molecule has 1 N–H and O–H groups in total. The van der Waals surface area contributed by atoms with Gasteiger partial charge < -0.3 is 5.11 Å². The van der Waals surface area contributed by atoms with Gasteiger partial charge >= 0.3 is 0 Å². The maximum atomic E-state index is 14.2. The van der Waals surface area contributed by atoms with Crippen molar-refractivity contribution in [2.45, 2.75) is 52.1 Å². The predicted molar refractivity (Wildman–Crippen MR) is 71.8 cm³/mol. The normalized spacial score (nSPS) is 27.8. The van der Waals surface area contributed by atoms with Crippen molar-refractivity contribution in [3.8, 4) is 0 Å². The average molecular weight is 268 g/mol. The molecule has 1 nitrogen and oxygen atoms in total. The summed E-state index contributed by atoms with van der Waals surface area (Å²) < 4.78 is 28.0. The minimum Gasteiger partial charge on any atom is -0.385 e. The molecule has 0 aromatic heterocycles. The molecule has 0 bridgehead atoms. The summed E-state index contributed by atoms with van der Waals surface area (Å²) in [6, 6.07) is 3.10. The van der Waals surface area contributed by atoms with Gasteiger partial charge in [0.25, 0.3) is 0 Å². The van der Waals surface area contributed by atoms with E-state index in [0.717, 1.165) is 19.3 Å². The van der Waals surface area contributed by atoms with Crippen molar-refractivity contribution in [3.63, 3.8) is 0 Å². The molecule has 1 fully saturated rings. The summed E-state index contributed by atoms with van der Waals surface area (Å²) in [5, 5.41) is 11.0. The molecule has 2 atom stereocenters. The highest BCUT2D eigenvalue weighted by atomic mass is 19.2. The fourth-order valence-electron chi connectivity index (χ4n) is 3.38. The van der Waals surface area contributed by atoms with Gasteiger partial charge in [0, 0.05) is 5.56 Å². The fraction of sp³-hybridized carbons (Fsp3) is 0.625. The van der Waals surface area contributed by atoms with E-state index in [1.807, 2.05) is 13.8 Å². The van der Waals surface area contributed by atoms with Gasteiger partial charge in [0.15, 0.2) is 11.6 Å². The molecule has 1 aromatic rings. The van der Waals surface area contributed by atoms with Crippen molar-refractivity contribution in [3.05, 3.63) is 34.9 Å². The van der Waals surface area contributed by atoms with E-state index < -0.39 is 17.2 Å². The summed E-state index contributed by atoms with van der Waals surface area (Å²) in [4.78, 5) is 0. The Morgan fingerprint density at radius 1 is 1.21 bits per heavy atom. The van der Waals surface area contributed by atoms with E-state index in [4.69, 9.17) is 0 Å². The second kappa shape index (κ2) is 5.20. The highest BCUT2D eigenvalue weighted by molar-refractivity contribution is 5.31. The van der Waals surface area contributed by atoms with Gasteiger partial charge in [0.2, 0.25) is 0 Å². The predicted octanol–water partition coefficient (Wildman–Crippen LogP) is 4.31. The third-order valence-electron chi connectivity index (χ3n) is 4.48. The first kappa shape index (κ1) is 14.4. The number of benzene rings is 1. The Morgan fingerprint density at radius 3 is 2.53 bits per heavy atom. The standard InChI is InChI=1S/C16H22F2O/c1-10(2)12-6-4-5-9-16(12,19)13-8-7-11(3)14(17)15(13)18/h7-8,10,12,19H,4-6,9H2,1-3H3. The van der Waals surface area contributed by atoms with E-state index >= 15 is 0 Å². The van der Waals surface area contributed by atoms with Crippen molar-refractivity contribution < 1.29 is 13.9 Å². The van der Waals surface area contributed by atoms with Crippen LogP contribution in [0.2, 0.25) is 0 Å². The van der Waals surface area contributed by atoms with Crippen LogP contribution in [-0.4, -0.2) is 5.11 Å². The molecule has 0 heterocycles. The molecular formula is C16H22F2O. The second-order valence-corrected chi connectivity index (χ2v) is 6.08. The molecule has 1 aromatic carbocycles. The van der Waals surface area contributed by atoms with Crippen LogP contribution < -0.4 is 0 Å². The quantitative estimate of drug-likeness (QED) is 0.847. The van der Waals surface area contributed by atoms with E-state index in [-0.39, 0.29) is 23.0 Å². The van der Waals surface area contributed by atoms with Crippen molar-refractivity contribution in [1.82, 2.24) is 0 Å². The largest absolute Gasteiger partial charge is 0.385 e. The van der Waals surface area contributed by atoms with E-state index in [2.05, 4.69) is 0 Å². The lowest BCUT2D eigenvalue weighted by molar-refractivity contribution is -0.0749. The molecule has 1 aliphatic rings. The van der Waals surface area contributed by atoms with Crippen molar-refractivity contribution in [1.29, 1.82) is 0 Å². The van der Waals surface area contributed by atoms with Gasteiger partial charge in [-0.1, -0.05) is 38.8 Å². The smallest absolute Gasteiger partial charge is 0.165 e. The first-order valence-corrected chi connectivity index (χ1v) is 7.05. The Bertz CT molecular complexity index is 470. The van der Waals surface area contributed by atoms with Gasteiger partial charge in [-0.05, 0) is 37.2 Å². The minimum absolute atomic E-state index is 0.0159. The van der Waals surface area contributed by atoms with Crippen LogP contribution in [0.3, 0.4) is 0 Å². The SMILES string of the molecule is Cc1ccc(C2(O)CCCCC2C(C)C)c(F)c1F. The van der Waals surface area contributed by atoms with Crippen molar-refractivity contribution in [2.75, 3.05) is 0 Å². The first-order valence-electron chi connectivity index (χ1n) is 7.05. The number of hydrogen-bond donors (Lipinski definition) is 1. The molecule has 3 heteroatoms. The van der Waals surface area contributed by atoms with Crippen LogP contribution in [0.4, 0.5) is 8.78 Å². The fourth-order valence-corrected chi connectivity index (χ4v) is 3.38. The third kappa shape index (κ3) is 2.40. The topological polar surface area (TPSA) is 20.2 Å². The number of rotatable bonds is 2. The molecule has 0 aliphatic heterocycles. The molecule has 0 saturated heterocycles. The van der Waals surface area contributed by atoms with Gasteiger partial charge in [-0.15, -0.1) is 0 Å². The Labute approximate surface area is 113 Å². The van der Waals surface area contributed by atoms with Crippen LogP contribution in [0.1, 0.15) is 50.7 Å². The number of aryl methyl sites for hydroxylation is 1. The molecule has 0 spiro atoms. The Balaban J connectivity index is 2.51. The van der Waals surface area contributed by atoms with E-state index in [1.165, 1.54) is 6.92 Å². The number of hydrogen-bond acceptors (Lipinski definition) is 1. The summed E-state index contributed by atoms with van der Waals surface area (Å²) in [5.74, 6) is -1.49. The Hall–Kier alpha value is -0.960. The highest BCUT2D eigenvalue weighted by Gasteiger charge is 2.43. The summed E-state index contributed by atoms with van der Waals surface area (Å²) in [6.07, 6.45) is 3.27. The Kier molecular flexibility index (Phi) is 3.95. The zero-order valence-electron chi connectivity index (χ0n) is 11.8. The number of aliphatic hydroxyl groups is 1. The first-order chi connectivity index (χ1) is 8.88. The lowest BCUT2D eigenvalue weighted by atomic mass is 9.67. The van der Waals surface area contributed by atoms with E-state index in [1.54, 1.807) is 12.1 Å². The maximum absolute atomic E-state index is 14.2. The summed E-state index contributed by atoms with van der Waals surface area (Å²) in [6.45, 7) is 5.60. The minimum atomic E-state index is -1.23. The molecular weight excluding hydrogens is 246 g/mol. The zero-order chi connectivity index (χ0) is 14.2. The van der Waals surface area contributed by atoms with Crippen LogP contribution in [0.5, 0.6) is 0 Å². The van der Waals surface area contributed by atoms with Gasteiger partial charge in [-0.25, -0.2) is 8.78 Å². The third-order valence-corrected chi connectivity index (χ3v) is 4.48. The molecule has 0 amide bonds. The lowest BCUT2D eigenvalue weighted by Crippen LogP contribution is -2.41. The van der Waals surface area contributed by atoms with E-state index in [0.29, 0.717) is 6.42 Å². The maximum Gasteiger partial charge on any atom is 0.165 e. The van der Waals surface area contributed by atoms with Crippen LogP contribution in [-0.2, 0) is 5.60 Å². The van der Waals surface area contributed by atoms with Crippen molar-refractivity contribution >= 4 is 0 Å². The molecule has 2 unspecified atom stereocenters. The molecule has 2 rings (SSSR count). The van der Waals surface area contributed by atoms with Gasteiger partial charge in [0.1, 0.15) is 0 Å². The monoisotopic (exact) mass is 268 g/mol. The zero-order valence-corrected chi connectivity index (χ0v) is 11.8. The van der Waals surface area contributed by atoms with Crippen LogP contribution in [0.15, 0.2) is 12.1 Å². The summed E-state index contributed by atoms with van der Waals surface area (Å²) in [7, 11) is 0. The van der Waals surface area contributed by atoms with Crippen LogP contribution >= 0.6 is 0 Å². The summed E-state index contributed by atoms with van der Waals surface area (Å²) >= 11 is 0. The van der Waals surface area contributed by atoms with Gasteiger partial charge in [-0.3, -0.25) is 0 Å². The number of halogens is 2. The van der Waals surface area contributed by atoms with Gasteiger partial charge in [0.05, 0.1) is 5.60 Å². The molecule has 1 aliphatic carbocycles.